The van der Waals surface area contributed by atoms with Crippen LogP contribution in [0, 0.1) is 0 Å². The van der Waals surface area contributed by atoms with Crippen LogP contribution in [0.1, 0.15) is 11.1 Å². The number of aromatic nitrogens is 3. The van der Waals surface area contributed by atoms with Crippen molar-refractivity contribution in [1.82, 2.24) is 15.0 Å². The number of hydrogen-bond acceptors (Lipinski definition) is 5. The number of anilines is 3. The first kappa shape index (κ1) is 16.0. The molecule has 0 aliphatic rings. The molecule has 0 saturated carbocycles. The van der Waals surface area contributed by atoms with Gasteiger partial charge in [-0.2, -0.15) is 0 Å². The second-order valence-corrected chi connectivity index (χ2v) is 5.56. The maximum absolute atomic E-state index is 5.86. The van der Waals surface area contributed by atoms with Gasteiger partial charge in [-0.05, 0) is 47.0 Å². The second kappa shape index (κ2) is 7.10. The molecule has 3 aromatic rings. The minimum absolute atomic E-state index is 0.226. The fourth-order valence-corrected chi connectivity index (χ4v) is 2.39. The van der Waals surface area contributed by atoms with Crippen molar-refractivity contribution in [3.63, 3.8) is 0 Å². The second-order valence-electron chi connectivity index (χ2n) is 5.22. The van der Waals surface area contributed by atoms with Gasteiger partial charge in [0.2, 0.25) is 5.28 Å². The van der Waals surface area contributed by atoms with Crippen molar-refractivity contribution in [2.45, 2.75) is 0 Å². The van der Waals surface area contributed by atoms with E-state index >= 15 is 0 Å². The van der Waals surface area contributed by atoms with Gasteiger partial charge in [-0.3, -0.25) is 4.98 Å². The molecule has 6 heteroatoms. The molecular weight excluding hydrogens is 322 g/mol. The van der Waals surface area contributed by atoms with Crippen molar-refractivity contribution in [1.29, 1.82) is 0 Å². The highest BCUT2D eigenvalue weighted by atomic mass is 35.5. The zero-order valence-corrected chi connectivity index (χ0v) is 13.9. The predicted octanol–water partition coefficient (Wildman–Crippen LogP) is 4.05. The molecule has 5 nitrogen and oxygen atoms in total. The van der Waals surface area contributed by atoms with Crippen LogP contribution in [0.2, 0.25) is 5.28 Å². The topological polar surface area (TPSA) is 67.9 Å². The first-order chi connectivity index (χ1) is 11.6. The summed E-state index contributed by atoms with van der Waals surface area (Å²) in [7, 11) is 1.93. The van der Waals surface area contributed by atoms with Gasteiger partial charge in [-0.1, -0.05) is 24.3 Å². The monoisotopic (exact) mass is 337 g/mol. The average Bonchev–Trinajstić information content (AvgIpc) is 2.60. The molecule has 0 radical (unpaired) electrons. The number of pyridine rings is 1. The minimum Gasteiger partial charge on any atom is -0.397 e. The molecule has 0 spiro atoms. The number of nitrogens with two attached hydrogens (primary N) is 1. The zero-order valence-electron chi connectivity index (χ0n) is 13.1. The van der Waals surface area contributed by atoms with Gasteiger partial charge in [0.05, 0.1) is 5.69 Å². The third-order valence-corrected chi connectivity index (χ3v) is 3.64. The van der Waals surface area contributed by atoms with E-state index in [1.54, 1.807) is 18.6 Å². The maximum atomic E-state index is 5.86. The normalized spacial score (nSPS) is 10.9. The highest BCUT2D eigenvalue weighted by Gasteiger charge is 2.06. The van der Waals surface area contributed by atoms with Gasteiger partial charge in [0.15, 0.2) is 0 Å². The van der Waals surface area contributed by atoms with Crippen molar-refractivity contribution in [2.75, 3.05) is 17.7 Å². The number of hydrogen-bond donors (Lipinski definition) is 1. The Kier molecular flexibility index (Phi) is 4.72. The lowest BCUT2D eigenvalue weighted by Gasteiger charge is -2.18. The first-order valence-corrected chi connectivity index (χ1v) is 7.70. The molecule has 0 fully saturated rings. The summed E-state index contributed by atoms with van der Waals surface area (Å²) in [6.07, 6.45) is 9.02. The largest absolute Gasteiger partial charge is 0.397 e. The third kappa shape index (κ3) is 3.88. The van der Waals surface area contributed by atoms with Crippen LogP contribution in [-0.2, 0) is 0 Å². The summed E-state index contributed by atoms with van der Waals surface area (Å²) in [5, 5.41) is 0.226. The summed E-state index contributed by atoms with van der Waals surface area (Å²) < 4.78 is 0. The van der Waals surface area contributed by atoms with Crippen LogP contribution in [0.25, 0.3) is 12.2 Å². The molecule has 0 atom stereocenters. The fourth-order valence-electron chi connectivity index (χ4n) is 2.24. The van der Waals surface area contributed by atoms with E-state index < -0.39 is 0 Å². The molecule has 0 bridgehead atoms. The molecular formula is C18H16ClN5. The number of halogens is 1. The lowest BCUT2D eigenvalue weighted by atomic mass is 10.1. The standard InChI is InChI=1S/C18H16ClN5/c1-24(17-7-8-22-18(19)23-17)16-4-2-3-13(10-16)5-6-14-9-15(20)12-21-11-14/h2-12H,20H2,1H3. The van der Waals surface area contributed by atoms with Crippen LogP contribution < -0.4 is 10.6 Å². The predicted molar refractivity (Wildman–Crippen MR) is 99.1 cm³/mol. The van der Waals surface area contributed by atoms with Gasteiger partial charge in [0, 0.05) is 31.3 Å². The Labute approximate surface area is 145 Å². The lowest BCUT2D eigenvalue weighted by Crippen LogP contribution is -2.11. The highest BCUT2D eigenvalue weighted by molar-refractivity contribution is 6.28. The Bertz CT molecular complexity index is 879. The Morgan fingerprint density at radius 2 is 1.92 bits per heavy atom. The SMILES string of the molecule is CN(c1cccc(C=Cc2cncc(N)c2)c1)c1ccnc(Cl)n1. The maximum Gasteiger partial charge on any atom is 0.224 e. The summed E-state index contributed by atoms with van der Waals surface area (Å²) >= 11 is 5.86. The third-order valence-electron chi connectivity index (χ3n) is 3.46. The van der Waals surface area contributed by atoms with Crippen LogP contribution in [0.3, 0.4) is 0 Å². The van der Waals surface area contributed by atoms with Crippen molar-refractivity contribution in [3.05, 3.63) is 71.4 Å². The van der Waals surface area contributed by atoms with Crippen molar-refractivity contribution in [3.8, 4) is 0 Å². The van der Waals surface area contributed by atoms with Gasteiger partial charge < -0.3 is 10.6 Å². The van der Waals surface area contributed by atoms with E-state index in [0.29, 0.717) is 5.69 Å². The lowest BCUT2D eigenvalue weighted by molar-refractivity contribution is 1.08. The Morgan fingerprint density at radius 1 is 1.08 bits per heavy atom. The van der Waals surface area contributed by atoms with E-state index in [2.05, 4.69) is 21.0 Å². The number of nitrogen functional groups attached to an aromatic ring is 1. The van der Waals surface area contributed by atoms with E-state index in [1.165, 1.54) is 0 Å². The molecule has 3 rings (SSSR count). The van der Waals surface area contributed by atoms with E-state index in [1.807, 2.05) is 54.4 Å². The molecule has 0 aliphatic heterocycles. The summed E-state index contributed by atoms with van der Waals surface area (Å²) in [5.74, 6) is 0.733. The summed E-state index contributed by atoms with van der Waals surface area (Å²) in [5.41, 5.74) is 9.40. The van der Waals surface area contributed by atoms with Gasteiger partial charge in [-0.25, -0.2) is 9.97 Å². The molecule has 2 aromatic heterocycles. The summed E-state index contributed by atoms with van der Waals surface area (Å²) in [6.45, 7) is 0. The molecule has 120 valence electrons. The van der Waals surface area contributed by atoms with Gasteiger partial charge in [0.1, 0.15) is 5.82 Å². The number of benzene rings is 1. The smallest absolute Gasteiger partial charge is 0.224 e. The molecule has 2 heterocycles. The molecule has 1 aromatic carbocycles. The van der Waals surface area contributed by atoms with Crippen LogP contribution in [0.5, 0.6) is 0 Å². The van der Waals surface area contributed by atoms with Gasteiger partial charge in [0.25, 0.3) is 0 Å². The van der Waals surface area contributed by atoms with Crippen LogP contribution in [0.4, 0.5) is 17.2 Å². The zero-order chi connectivity index (χ0) is 16.9. The van der Waals surface area contributed by atoms with Crippen molar-refractivity contribution >= 4 is 40.9 Å². The first-order valence-electron chi connectivity index (χ1n) is 7.33. The van der Waals surface area contributed by atoms with E-state index in [-0.39, 0.29) is 5.28 Å². The Morgan fingerprint density at radius 3 is 2.71 bits per heavy atom. The number of nitrogens with zero attached hydrogens (tertiary/aromatic N) is 4. The van der Waals surface area contributed by atoms with Crippen molar-refractivity contribution < 1.29 is 0 Å². The van der Waals surface area contributed by atoms with E-state index in [9.17, 15) is 0 Å². The van der Waals surface area contributed by atoms with E-state index in [0.717, 1.165) is 22.6 Å². The highest BCUT2D eigenvalue weighted by Crippen LogP contribution is 2.23. The fraction of sp³-hybridized carbons (Fsp3) is 0.0556. The Hall–Kier alpha value is -2.92. The minimum atomic E-state index is 0.226. The Balaban J connectivity index is 1.84. The van der Waals surface area contributed by atoms with Crippen LogP contribution in [0.15, 0.2) is 55.0 Å². The van der Waals surface area contributed by atoms with E-state index in [4.69, 9.17) is 17.3 Å². The van der Waals surface area contributed by atoms with Gasteiger partial charge >= 0.3 is 0 Å². The van der Waals surface area contributed by atoms with Crippen LogP contribution >= 0.6 is 11.6 Å². The van der Waals surface area contributed by atoms with Crippen molar-refractivity contribution in [2.24, 2.45) is 0 Å². The quantitative estimate of drug-likeness (QED) is 0.727. The molecule has 2 N–H and O–H groups in total. The number of rotatable bonds is 4. The van der Waals surface area contributed by atoms with Gasteiger partial charge in [-0.15, -0.1) is 0 Å². The molecule has 0 amide bonds. The summed E-state index contributed by atoms with van der Waals surface area (Å²) in [6, 6.07) is 11.8. The van der Waals surface area contributed by atoms with Crippen LogP contribution in [-0.4, -0.2) is 22.0 Å². The molecule has 24 heavy (non-hydrogen) atoms. The average molecular weight is 338 g/mol. The molecule has 0 unspecified atom stereocenters. The summed E-state index contributed by atoms with van der Waals surface area (Å²) in [4.78, 5) is 14.2. The molecule has 0 aliphatic carbocycles. The molecule has 0 saturated heterocycles.